The number of carbonyl (C=O) groups is 3. The average Bonchev–Trinajstić information content (AvgIpc) is 3.48. The van der Waals surface area contributed by atoms with Crippen molar-refractivity contribution in [3.05, 3.63) is 53.4 Å². The van der Waals surface area contributed by atoms with E-state index in [4.69, 9.17) is 9.26 Å². The highest BCUT2D eigenvalue weighted by atomic mass is 16.6. The SMILES string of the molecule is CCCC(C)(C)OC(=O)CC(NC(=O)C1CCCN1C(=O)C(c1cc(C)no1)C(C)C)c1ccccc1. The van der Waals surface area contributed by atoms with Gasteiger partial charge in [0.05, 0.1) is 18.2 Å². The van der Waals surface area contributed by atoms with E-state index >= 15 is 0 Å². The molecule has 3 atom stereocenters. The number of likely N-dealkylation sites (tertiary alicyclic amines) is 1. The number of benzene rings is 1. The van der Waals surface area contributed by atoms with Crippen LogP contribution in [0.4, 0.5) is 0 Å². The van der Waals surface area contributed by atoms with E-state index in [2.05, 4.69) is 10.5 Å². The molecule has 1 N–H and O–H groups in total. The van der Waals surface area contributed by atoms with Crippen molar-refractivity contribution in [1.82, 2.24) is 15.4 Å². The minimum absolute atomic E-state index is 0.00945. The molecule has 0 spiro atoms. The van der Waals surface area contributed by atoms with Crippen LogP contribution in [0.2, 0.25) is 0 Å². The average molecular weight is 512 g/mol. The molecule has 0 aliphatic carbocycles. The van der Waals surface area contributed by atoms with Crippen LogP contribution in [-0.2, 0) is 19.1 Å². The first kappa shape index (κ1) is 28.4. The number of rotatable bonds is 11. The van der Waals surface area contributed by atoms with E-state index in [1.807, 2.05) is 71.9 Å². The first-order valence-corrected chi connectivity index (χ1v) is 13.3. The van der Waals surface area contributed by atoms with Crippen LogP contribution in [0.3, 0.4) is 0 Å². The molecule has 1 aromatic heterocycles. The zero-order chi connectivity index (χ0) is 27.2. The third-order valence-electron chi connectivity index (χ3n) is 6.86. The first-order valence-electron chi connectivity index (χ1n) is 13.3. The van der Waals surface area contributed by atoms with Crippen LogP contribution in [-0.4, -0.2) is 46.0 Å². The summed E-state index contributed by atoms with van der Waals surface area (Å²) in [5.74, 6) is -0.800. The summed E-state index contributed by atoms with van der Waals surface area (Å²) in [7, 11) is 0. The van der Waals surface area contributed by atoms with Gasteiger partial charge in [-0.2, -0.15) is 0 Å². The Morgan fingerprint density at radius 3 is 2.51 bits per heavy atom. The summed E-state index contributed by atoms with van der Waals surface area (Å²) in [4.78, 5) is 41.7. The molecule has 1 fully saturated rings. The van der Waals surface area contributed by atoms with Gasteiger partial charge in [0.25, 0.3) is 0 Å². The molecule has 3 unspecified atom stereocenters. The lowest BCUT2D eigenvalue weighted by molar-refractivity contribution is -0.158. The second-order valence-corrected chi connectivity index (χ2v) is 10.9. The normalized spacial score (nSPS) is 17.5. The number of amides is 2. The highest BCUT2D eigenvalue weighted by Crippen LogP contribution is 2.31. The standard InChI is InChI=1S/C29H41N3O5/c1-7-15-29(5,6)36-25(33)18-22(21-12-9-8-10-13-21)30-27(34)23-14-11-16-32(23)28(35)26(19(2)3)24-17-20(4)31-37-24/h8-10,12-13,17,19,22-23,26H,7,11,14-16,18H2,1-6H3,(H,30,34). The number of carbonyl (C=O) groups excluding carboxylic acids is 3. The topological polar surface area (TPSA) is 102 Å². The van der Waals surface area contributed by atoms with E-state index in [1.54, 1.807) is 11.0 Å². The summed E-state index contributed by atoms with van der Waals surface area (Å²) < 4.78 is 11.2. The Morgan fingerprint density at radius 2 is 1.92 bits per heavy atom. The molecule has 2 heterocycles. The third kappa shape index (κ3) is 7.43. The fraction of sp³-hybridized carbons (Fsp3) is 0.586. The zero-order valence-corrected chi connectivity index (χ0v) is 23.0. The zero-order valence-electron chi connectivity index (χ0n) is 23.0. The van der Waals surface area contributed by atoms with Crippen LogP contribution in [0.5, 0.6) is 0 Å². The number of hydrogen-bond donors (Lipinski definition) is 1. The second-order valence-electron chi connectivity index (χ2n) is 10.9. The maximum atomic E-state index is 13.6. The van der Waals surface area contributed by atoms with Gasteiger partial charge in [-0.25, -0.2) is 0 Å². The van der Waals surface area contributed by atoms with E-state index in [9.17, 15) is 14.4 Å². The Labute approximate surface area is 220 Å². The predicted molar refractivity (Wildman–Crippen MR) is 141 cm³/mol. The van der Waals surface area contributed by atoms with E-state index in [-0.39, 0.29) is 30.1 Å². The molecule has 3 rings (SSSR count). The number of ether oxygens (including phenoxy) is 1. The Morgan fingerprint density at radius 1 is 1.22 bits per heavy atom. The molecule has 1 aliphatic rings. The highest BCUT2D eigenvalue weighted by molar-refractivity contribution is 5.91. The van der Waals surface area contributed by atoms with Crippen LogP contribution >= 0.6 is 0 Å². The van der Waals surface area contributed by atoms with Crippen molar-refractivity contribution in [2.45, 2.75) is 97.2 Å². The molecule has 8 heteroatoms. The van der Waals surface area contributed by atoms with Crippen molar-refractivity contribution in [3.63, 3.8) is 0 Å². The maximum Gasteiger partial charge on any atom is 0.308 e. The molecular formula is C29H41N3O5. The molecular weight excluding hydrogens is 470 g/mol. The van der Waals surface area contributed by atoms with Gasteiger partial charge in [-0.15, -0.1) is 0 Å². The second kappa shape index (κ2) is 12.4. The number of nitrogens with one attached hydrogen (secondary N) is 1. The maximum absolute atomic E-state index is 13.6. The number of nitrogens with zero attached hydrogens (tertiary/aromatic N) is 2. The number of hydrogen-bond acceptors (Lipinski definition) is 6. The van der Waals surface area contributed by atoms with Gasteiger partial charge < -0.3 is 19.5 Å². The van der Waals surface area contributed by atoms with Gasteiger partial charge in [0.15, 0.2) is 0 Å². The fourth-order valence-corrected chi connectivity index (χ4v) is 5.12. The van der Waals surface area contributed by atoms with Gasteiger partial charge >= 0.3 is 5.97 Å². The predicted octanol–water partition coefficient (Wildman–Crippen LogP) is 5.08. The molecule has 8 nitrogen and oxygen atoms in total. The number of esters is 1. The van der Waals surface area contributed by atoms with Crippen LogP contribution in [0, 0.1) is 12.8 Å². The van der Waals surface area contributed by atoms with Gasteiger partial charge in [0.1, 0.15) is 23.3 Å². The van der Waals surface area contributed by atoms with Crippen LogP contribution < -0.4 is 5.32 Å². The minimum atomic E-state index is -0.614. The summed E-state index contributed by atoms with van der Waals surface area (Å²) in [5.41, 5.74) is 0.953. The quantitative estimate of drug-likeness (QED) is 0.422. The van der Waals surface area contributed by atoms with Crippen molar-refractivity contribution < 1.29 is 23.6 Å². The molecule has 0 radical (unpaired) electrons. The summed E-state index contributed by atoms with van der Waals surface area (Å²) in [6, 6.07) is 10.0. The summed E-state index contributed by atoms with van der Waals surface area (Å²) in [5, 5.41) is 7.00. The summed E-state index contributed by atoms with van der Waals surface area (Å²) in [6.45, 7) is 12.1. The van der Waals surface area contributed by atoms with Gasteiger partial charge in [0.2, 0.25) is 11.8 Å². The third-order valence-corrected chi connectivity index (χ3v) is 6.86. The Balaban J connectivity index is 1.77. The minimum Gasteiger partial charge on any atom is -0.460 e. The van der Waals surface area contributed by atoms with Gasteiger partial charge in [-0.1, -0.05) is 62.7 Å². The Kier molecular flexibility index (Phi) is 9.51. The lowest BCUT2D eigenvalue weighted by Gasteiger charge is -2.30. The highest BCUT2D eigenvalue weighted by Gasteiger charge is 2.40. The summed E-state index contributed by atoms with van der Waals surface area (Å²) >= 11 is 0. The lowest BCUT2D eigenvalue weighted by atomic mass is 9.91. The van der Waals surface area contributed by atoms with Crippen LogP contribution in [0.15, 0.2) is 40.9 Å². The molecule has 2 amide bonds. The number of aromatic nitrogens is 1. The molecule has 0 bridgehead atoms. The first-order chi connectivity index (χ1) is 17.5. The van der Waals surface area contributed by atoms with Crippen LogP contribution in [0.25, 0.3) is 0 Å². The van der Waals surface area contributed by atoms with E-state index < -0.39 is 23.6 Å². The smallest absolute Gasteiger partial charge is 0.308 e. The van der Waals surface area contributed by atoms with Crippen molar-refractivity contribution in [3.8, 4) is 0 Å². The molecule has 0 saturated carbocycles. The van der Waals surface area contributed by atoms with Crippen molar-refractivity contribution in [1.29, 1.82) is 0 Å². The van der Waals surface area contributed by atoms with Crippen LogP contribution in [0.1, 0.15) is 95.7 Å². The lowest BCUT2D eigenvalue weighted by Crippen LogP contribution is -2.49. The largest absolute Gasteiger partial charge is 0.460 e. The molecule has 202 valence electrons. The van der Waals surface area contributed by atoms with E-state index in [1.165, 1.54) is 0 Å². The van der Waals surface area contributed by atoms with Gasteiger partial charge in [-0.05, 0) is 51.5 Å². The Hall–Kier alpha value is -3.16. The molecule has 2 aromatic rings. The van der Waals surface area contributed by atoms with E-state index in [0.717, 1.165) is 24.8 Å². The molecule has 1 saturated heterocycles. The van der Waals surface area contributed by atoms with Gasteiger partial charge in [0, 0.05) is 12.6 Å². The monoisotopic (exact) mass is 511 g/mol. The van der Waals surface area contributed by atoms with E-state index in [0.29, 0.717) is 24.4 Å². The van der Waals surface area contributed by atoms with Crippen molar-refractivity contribution in [2.75, 3.05) is 6.54 Å². The molecule has 37 heavy (non-hydrogen) atoms. The van der Waals surface area contributed by atoms with Crippen molar-refractivity contribution in [2.24, 2.45) is 5.92 Å². The summed E-state index contributed by atoms with van der Waals surface area (Å²) in [6.07, 6.45) is 2.95. The van der Waals surface area contributed by atoms with Gasteiger partial charge in [-0.3, -0.25) is 14.4 Å². The fourth-order valence-electron chi connectivity index (χ4n) is 5.12. The van der Waals surface area contributed by atoms with Crippen molar-refractivity contribution >= 4 is 17.8 Å². The molecule has 1 aromatic carbocycles. The Bertz CT molecular complexity index is 1060. The number of aryl methyl sites for hydroxylation is 1. The molecule has 1 aliphatic heterocycles.